The number of aliphatic hydroxyl groups excluding tert-OH is 1. The number of hydrogen-bond donors (Lipinski definition) is 2. The van der Waals surface area contributed by atoms with Gasteiger partial charge in [0.25, 0.3) is 0 Å². The van der Waals surface area contributed by atoms with Crippen LogP contribution in [0.25, 0.3) is 0 Å². The third kappa shape index (κ3) is 3.57. The molecular formula is C11H22N4O. The van der Waals surface area contributed by atoms with Crippen molar-refractivity contribution in [2.45, 2.75) is 46.3 Å². The Bertz CT molecular complexity index is 300. The molecule has 2 N–H and O–H groups in total. The van der Waals surface area contributed by atoms with Crippen LogP contribution in [0, 0.1) is 5.92 Å². The van der Waals surface area contributed by atoms with Gasteiger partial charge in [0, 0.05) is 19.2 Å². The number of nitrogens with zero attached hydrogens (tertiary/aromatic N) is 3. The Morgan fingerprint density at radius 2 is 2.25 bits per heavy atom. The van der Waals surface area contributed by atoms with Gasteiger partial charge in [-0.2, -0.15) is 5.10 Å². The number of aryl methyl sites for hydroxylation is 1. The van der Waals surface area contributed by atoms with Gasteiger partial charge in [0.2, 0.25) is 0 Å². The second-order valence-corrected chi connectivity index (χ2v) is 4.23. The lowest BCUT2D eigenvalue weighted by atomic mass is 10.1. The quantitative estimate of drug-likeness (QED) is 0.721. The van der Waals surface area contributed by atoms with Gasteiger partial charge in [0.05, 0.1) is 6.54 Å². The van der Waals surface area contributed by atoms with E-state index in [0.29, 0.717) is 6.54 Å². The van der Waals surface area contributed by atoms with E-state index in [0.717, 1.165) is 18.8 Å². The minimum absolute atomic E-state index is 0.204. The fraction of sp³-hybridized carbons (Fsp3) is 0.818. The number of aromatic nitrogens is 3. The number of hydrogen-bond acceptors (Lipinski definition) is 4. The molecule has 0 amide bonds. The maximum absolute atomic E-state index is 9.03. The van der Waals surface area contributed by atoms with Crippen molar-refractivity contribution in [2.24, 2.45) is 5.92 Å². The fourth-order valence-electron chi connectivity index (χ4n) is 1.44. The van der Waals surface area contributed by atoms with Crippen molar-refractivity contribution in [1.82, 2.24) is 20.1 Å². The highest BCUT2D eigenvalue weighted by atomic mass is 16.3. The van der Waals surface area contributed by atoms with Crippen LogP contribution in [0.1, 0.15) is 33.0 Å². The highest BCUT2D eigenvalue weighted by molar-refractivity contribution is 4.85. The Morgan fingerprint density at radius 1 is 1.50 bits per heavy atom. The lowest BCUT2D eigenvalue weighted by Gasteiger charge is -2.19. The summed E-state index contributed by atoms with van der Waals surface area (Å²) in [6.45, 7) is 8.02. The Kier molecular flexibility index (Phi) is 5.42. The molecule has 0 bridgehead atoms. The van der Waals surface area contributed by atoms with Crippen LogP contribution < -0.4 is 5.32 Å². The van der Waals surface area contributed by atoms with Crippen LogP contribution in [0.3, 0.4) is 0 Å². The minimum Gasteiger partial charge on any atom is -0.396 e. The highest BCUT2D eigenvalue weighted by Crippen LogP contribution is 2.02. The van der Waals surface area contributed by atoms with E-state index in [2.05, 4.69) is 29.2 Å². The van der Waals surface area contributed by atoms with Gasteiger partial charge < -0.3 is 10.4 Å². The zero-order valence-corrected chi connectivity index (χ0v) is 10.3. The van der Waals surface area contributed by atoms with Crippen molar-refractivity contribution in [3.05, 3.63) is 12.2 Å². The largest absolute Gasteiger partial charge is 0.396 e. The molecule has 0 aliphatic carbocycles. The van der Waals surface area contributed by atoms with Crippen LogP contribution in [-0.2, 0) is 13.1 Å². The van der Waals surface area contributed by atoms with Gasteiger partial charge in [0.1, 0.15) is 12.2 Å². The van der Waals surface area contributed by atoms with Crippen molar-refractivity contribution < 1.29 is 5.11 Å². The van der Waals surface area contributed by atoms with Crippen LogP contribution in [0.4, 0.5) is 0 Å². The first-order valence-electron chi connectivity index (χ1n) is 5.90. The molecule has 1 heterocycles. The molecule has 1 aromatic heterocycles. The summed E-state index contributed by atoms with van der Waals surface area (Å²) in [6.07, 6.45) is 2.64. The standard InChI is InChI=1S/C11H22N4O/c1-4-5-15-11(13-8-14-15)6-12-10(3)9(2)7-16/h8-10,12,16H,4-7H2,1-3H3. The van der Waals surface area contributed by atoms with Gasteiger partial charge in [-0.25, -0.2) is 9.67 Å². The SMILES string of the molecule is CCCn1ncnc1CNC(C)C(C)CO. The Morgan fingerprint density at radius 3 is 2.88 bits per heavy atom. The van der Waals surface area contributed by atoms with E-state index in [1.54, 1.807) is 6.33 Å². The summed E-state index contributed by atoms with van der Waals surface area (Å²) in [4.78, 5) is 4.22. The van der Waals surface area contributed by atoms with Crippen molar-refractivity contribution in [2.75, 3.05) is 6.61 Å². The van der Waals surface area contributed by atoms with E-state index < -0.39 is 0 Å². The Balaban J connectivity index is 2.44. The number of nitrogens with one attached hydrogen (secondary N) is 1. The van der Waals surface area contributed by atoms with Crippen LogP contribution in [0.5, 0.6) is 0 Å². The molecular weight excluding hydrogens is 204 g/mol. The molecule has 0 saturated carbocycles. The lowest BCUT2D eigenvalue weighted by molar-refractivity contribution is 0.206. The molecule has 5 heteroatoms. The van der Waals surface area contributed by atoms with Crippen molar-refractivity contribution in [3.63, 3.8) is 0 Å². The molecule has 0 saturated heterocycles. The van der Waals surface area contributed by atoms with Crippen LogP contribution in [0.15, 0.2) is 6.33 Å². The predicted molar refractivity (Wildman–Crippen MR) is 62.9 cm³/mol. The second kappa shape index (κ2) is 6.60. The predicted octanol–water partition coefficient (Wildman–Crippen LogP) is 0.795. The van der Waals surface area contributed by atoms with Crippen LogP contribution >= 0.6 is 0 Å². The maximum atomic E-state index is 9.03. The van der Waals surface area contributed by atoms with Gasteiger partial charge in [-0.1, -0.05) is 13.8 Å². The summed E-state index contributed by atoms with van der Waals surface area (Å²) in [5.74, 6) is 1.21. The number of aliphatic hydroxyl groups is 1. The van der Waals surface area contributed by atoms with E-state index in [1.165, 1.54) is 0 Å². The Hall–Kier alpha value is -0.940. The number of rotatable bonds is 7. The highest BCUT2D eigenvalue weighted by Gasteiger charge is 2.11. The van der Waals surface area contributed by atoms with Crippen molar-refractivity contribution >= 4 is 0 Å². The molecule has 2 atom stereocenters. The van der Waals surface area contributed by atoms with E-state index >= 15 is 0 Å². The first-order valence-corrected chi connectivity index (χ1v) is 5.90. The van der Waals surface area contributed by atoms with Crippen LogP contribution in [-0.4, -0.2) is 32.5 Å². The summed E-state index contributed by atoms with van der Waals surface area (Å²) >= 11 is 0. The molecule has 2 unspecified atom stereocenters. The minimum atomic E-state index is 0.204. The molecule has 0 fully saturated rings. The topological polar surface area (TPSA) is 63.0 Å². The molecule has 1 rings (SSSR count). The van der Waals surface area contributed by atoms with Gasteiger partial charge in [-0.05, 0) is 19.3 Å². The summed E-state index contributed by atoms with van der Waals surface area (Å²) in [5.41, 5.74) is 0. The van der Waals surface area contributed by atoms with Gasteiger partial charge in [0.15, 0.2) is 0 Å². The average molecular weight is 226 g/mol. The monoisotopic (exact) mass is 226 g/mol. The lowest BCUT2D eigenvalue weighted by Crippen LogP contribution is -2.34. The van der Waals surface area contributed by atoms with E-state index in [4.69, 9.17) is 5.11 Å². The van der Waals surface area contributed by atoms with Gasteiger partial charge in [-0.3, -0.25) is 0 Å². The van der Waals surface area contributed by atoms with E-state index in [1.807, 2.05) is 11.6 Å². The fourth-order valence-corrected chi connectivity index (χ4v) is 1.44. The molecule has 0 aliphatic heterocycles. The summed E-state index contributed by atoms with van der Waals surface area (Å²) in [6, 6.07) is 0.275. The molecule has 0 aliphatic rings. The van der Waals surface area contributed by atoms with E-state index in [-0.39, 0.29) is 18.6 Å². The third-order valence-electron chi connectivity index (χ3n) is 2.85. The molecule has 5 nitrogen and oxygen atoms in total. The molecule has 0 aromatic carbocycles. The second-order valence-electron chi connectivity index (χ2n) is 4.23. The van der Waals surface area contributed by atoms with Crippen molar-refractivity contribution in [1.29, 1.82) is 0 Å². The zero-order valence-electron chi connectivity index (χ0n) is 10.3. The first-order chi connectivity index (χ1) is 7.69. The summed E-state index contributed by atoms with van der Waals surface area (Å²) in [7, 11) is 0. The van der Waals surface area contributed by atoms with E-state index in [9.17, 15) is 0 Å². The summed E-state index contributed by atoms with van der Waals surface area (Å²) in [5, 5.41) is 16.5. The molecule has 1 aromatic rings. The Labute approximate surface area is 96.9 Å². The average Bonchev–Trinajstić information content (AvgIpc) is 2.73. The maximum Gasteiger partial charge on any atom is 0.140 e. The molecule has 0 spiro atoms. The van der Waals surface area contributed by atoms with Gasteiger partial charge >= 0.3 is 0 Å². The third-order valence-corrected chi connectivity index (χ3v) is 2.85. The molecule has 16 heavy (non-hydrogen) atoms. The molecule has 92 valence electrons. The van der Waals surface area contributed by atoms with Crippen molar-refractivity contribution in [3.8, 4) is 0 Å². The zero-order chi connectivity index (χ0) is 12.0. The summed E-state index contributed by atoms with van der Waals surface area (Å²) < 4.78 is 1.92. The van der Waals surface area contributed by atoms with Crippen LogP contribution in [0.2, 0.25) is 0 Å². The molecule has 0 radical (unpaired) electrons. The normalized spacial score (nSPS) is 15.0. The van der Waals surface area contributed by atoms with Gasteiger partial charge in [-0.15, -0.1) is 0 Å². The first kappa shape index (κ1) is 13.1. The smallest absolute Gasteiger partial charge is 0.140 e.